The van der Waals surface area contributed by atoms with Crippen molar-refractivity contribution in [3.63, 3.8) is 0 Å². The largest absolute Gasteiger partial charge is 0.479 e. The second-order valence-electron chi connectivity index (χ2n) is 6.22. The number of carbonyl (C=O) groups is 2. The van der Waals surface area contributed by atoms with E-state index in [1.807, 2.05) is 7.05 Å². The van der Waals surface area contributed by atoms with E-state index in [9.17, 15) is 19.6 Å². The number of carboxylic acids is 1. The topological polar surface area (TPSA) is 112 Å². The SMILES string of the molecule is CCC(NC(=O)c1cccnc1)(C(=O)O)C1(SN=O)CCN(C)CC1. The Balaban J connectivity index is 2.43. The number of pyridine rings is 1. The van der Waals surface area contributed by atoms with E-state index in [-0.39, 0.29) is 12.0 Å². The molecule has 1 aliphatic heterocycles. The minimum Gasteiger partial charge on any atom is -0.479 e. The van der Waals surface area contributed by atoms with Crippen LogP contribution in [-0.2, 0) is 4.79 Å². The van der Waals surface area contributed by atoms with E-state index in [4.69, 9.17) is 0 Å². The quantitative estimate of drug-likeness (QED) is 0.560. The van der Waals surface area contributed by atoms with E-state index >= 15 is 0 Å². The Bertz CT molecular complexity index is 634. The molecule has 2 rings (SSSR count). The number of nitrogens with zero attached hydrogens (tertiary/aromatic N) is 3. The molecular formula is C16H22N4O4S. The Labute approximate surface area is 150 Å². The van der Waals surface area contributed by atoms with Crippen LogP contribution in [0.5, 0.6) is 0 Å². The summed E-state index contributed by atoms with van der Waals surface area (Å²) in [6.07, 6.45) is 3.93. The van der Waals surface area contributed by atoms with E-state index < -0.39 is 22.2 Å². The van der Waals surface area contributed by atoms with Crippen LogP contribution in [-0.4, -0.2) is 57.3 Å². The highest BCUT2D eigenvalue weighted by Gasteiger charge is 2.58. The highest BCUT2D eigenvalue weighted by Crippen LogP contribution is 2.47. The average Bonchev–Trinajstić information content (AvgIpc) is 2.62. The van der Waals surface area contributed by atoms with Crippen LogP contribution < -0.4 is 5.32 Å². The lowest BCUT2D eigenvalue weighted by Gasteiger charge is -2.49. The predicted molar refractivity (Wildman–Crippen MR) is 95.2 cm³/mol. The molecule has 2 N–H and O–H groups in total. The zero-order chi connectivity index (χ0) is 18.5. The van der Waals surface area contributed by atoms with Crippen molar-refractivity contribution in [1.29, 1.82) is 0 Å². The molecule has 1 fully saturated rings. The number of rotatable bonds is 7. The summed E-state index contributed by atoms with van der Waals surface area (Å²) < 4.78 is 1.95. The van der Waals surface area contributed by atoms with E-state index in [2.05, 4.69) is 19.8 Å². The summed E-state index contributed by atoms with van der Waals surface area (Å²) >= 11 is 0.730. The van der Waals surface area contributed by atoms with Gasteiger partial charge in [0.05, 0.1) is 10.3 Å². The van der Waals surface area contributed by atoms with Crippen molar-refractivity contribution in [3.8, 4) is 0 Å². The van der Waals surface area contributed by atoms with Crippen molar-refractivity contribution in [1.82, 2.24) is 15.2 Å². The summed E-state index contributed by atoms with van der Waals surface area (Å²) in [5.41, 5.74) is -1.33. The molecule has 1 unspecified atom stereocenters. The first-order valence-electron chi connectivity index (χ1n) is 8.06. The normalized spacial score (nSPS) is 19.6. The molecule has 1 amide bonds. The Morgan fingerprint density at radius 1 is 1.48 bits per heavy atom. The van der Waals surface area contributed by atoms with Crippen LogP contribution in [0.1, 0.15) is 36.5 Å². The third-order valence-electron chi connectivity index (χ3n) is 4.93. The van der Waals surface area contributed by atoms with E-state index in [0.29, 0.717) is 25.9 Å². The summed E-state index contributed by atoms with van der Waals surface area (Å²) in [7, 11) is 1.94. The second-order valence-corrected chi connectivity index (χ2v) is 7.34. The lowest BCUT2D eigenvalue weighted by atomic mass is 9.74. The summed E-state index contributed by atoms with van der Waals surface area (Å²) in [5.74, 6) is -1.69. The molecule has 9 heteroatoms. The predicted octanol–water partition coefficient (Wildman–Crippen LogP) is 1.92. The van der Waals surface area contributed by atoms with Crippen LogP contribution in [0.15, 0.2) is 29.1 Å². The van der Waals surface area contributed by atoms with Gasteiger partial charge in [0.25, 0.3) is 5.91 Å². The van der Waals surface area contributed by atoms with E-state index in [1.54, 1.807) is 19.1 Å². The highest BCUT2D eigenvalue weighted by atomic mass is 32.2. The standard InChI is InChI=1S/C16H22N4O4S/c1-3-16(14(22)23,18-13(21)12-5-4-8-17-11-12)15(25-19-24)6-9-20(2)10-7-15/h4-5,8,11H,3,6-7,9-10H2,1-2H3,(H,18,21)(H,22,23). The minimum absolute atomic E-state index is 0.139. The number of amides is 1. The van der Waals surface area contributed by atoms with Gasteiger partial charge in [-0.05, 0) is 51.5 Å². The molecule has 0 aromatic carbocycles. The smallest absolute Gasteiger partial charge is 0.330 e. The Hall–Kier alpha value is -2.00. The Kier molecular flexibility index (Phi) is 6.12. The number of nitroso groups, excluding NO2 is 1. The molecule has 0 radical (unpaired) electrons. The summed E-state index contributed by atoms with van der Waals surface area (Å²) in [6, 6.07) is 3.17. The van der Waals surface area contributed by atoms with Crippen LogP contribution in [0.4, 0.5) is 0 Å². The molecule has 1 aromatic heterocycles. The summed E-state index contributed by atoms with van der Waals surface area (Å²) in [5, 5.41) is 12.7. The van der Waals surface area contributed by atoms with Crippen LogP contribution in [0.3, 0.4) is 0 Å². The lowest BCUT2D eigenvalue weighted by molar-refractivity contribution is -0.147. The molecule has 1 saturated heterocycles. The van der Waals surface area contributed by atoms with Crippen molar-refractivity contribution in [3.05, 3.63) is 35.0 Å². The van der Waals surface area contributed by atoms with Crippen molar-refractivity contribution >= 4 is 23.8 Å². The van der Waals surface area contributed by atoms with Gasteiger partial charge in [0.2, 0.25) is 0 Å². The molecule has 0 saturated carbocycles. The number of hydrogen-bond acceptors (Lipinski definition) is 7. The number of nitrogens with one attached hydrogen (secondary N) is 1. The molecule has 1 aliphatic rings. The molecule has 0 bridgehead atoms. The molecule has 1 aromatic rings. The van der Waals surface area contributed by atoms with E-state index in [1.165, 1.54) is 12.4 Å². The molecule has 8 nitrogen and oxygen atoms in total. The van der Waals surface area contributed by atoms with Gasteiger partial charge in [-0.1, -0.05) is 6.92 Å². The van der Waals surface area contributed by atoms with Gasteiger partial charge in [-0.15, -0.1) is 4.91 Å². The maximum absolute atomic E-state index is 12.6. The van der Waals surface area contributed by atoms with Crippen LogP contribution in [0, 0.1) is 4.91 Å². The molecule has 136 valence electrons. The number of likely N-dealkylation sites (tertiary alicyclic amines) is 1. The van der Waals surface area contributed by atoms with Gasteiger partial charge in [-0.25, -0.2) is 4.79 Å². The van der Waals surface area contributed by atoms with Gasteiger partial charge in [-0.2, -0.15) is 0 Å². The van der Waals surface area contributed by atoms with E-state index in [0.717, 1.165) is 11.9 Å². The number of carboxylic acid groups (broad SMARTS) is 1. The Morgan fingerprint density at radius 3 is 2.64 bits per heavy atom. The third kappa shape index (κ3) is 3.67. The first-order valence-corrected chi connectivity index (χ1v) is 8.83. The first kappa shape index (κ1) is 19.3. The minimum atomic E-state index is -1.60. The van der Waals surface area contributed by atoms with Crippen LogP contribution in [0.25, 0.3) is 0 Å². The number of aromatic nitrogens is 1. The third-order valence-corrected chi connectivity index (χ3v) is 6.11. The molecule has 0 spiro atoms. The Morgan fingerprint density at radius 2 is 2.16 bits per heavy atom. The molecule has 25 heavy (non-hydrogen) atoms. The zero-order valence-corrected chi connectivity index (χ0v) is 15.1. The van der Waals surface area contributed by atoms with Crippen molar-refractivity contribution < 1.29 is 14.7 Å². The fraction of sp³-hybridized carbons (Fsp3) is 0.562. The fourth-order valence-corrected chi connectivity index (χ4v) is 4.28. The van der Waals surface area contributed by atoms with Gasteiger partial charge in [-0.3, -0.25) is 9.78 Å². The van der Waals surface area contributed by atoms with Crippen LogP contribution >= 0.6 is 11.9 Å². The lowest BCUT2D eigenvalue weighted by Crippen LogP contribution is -2.69. The summed E-state index contributed by atoms with van der Waals surface area (Å²) in [4.78, 5) is 42.0. The molecule has 1 atom stereocenters. The average molecular weight is 366 g/mol. The monoisotopic (exact) mass is 366 g/mol. The molecule has 2 heterocycles. The first-order chi connectivity index (χ1) is 11.9. The fourth-order valence-electron chi connectivity index (χ4n) is 3.33. The number of carbonyl (C=O) groups excluding carboxylic acids is 1. The van der Waals surface area contributed by atoms with Crippen molar-refractivity contribution in [2.45, 2.75) is 36.5 Å². The number of aliphatic carboxylic acids is 1. The van der Waals surface area contributed by atoms with Gasteiger partial charge in [0.15, 0.2) is 5.54 Å². The van der Waals surface area contributed by atoms with Gasteiger partial charge >= 0.3 is 5.97 Å². The highest BCUT2D eigenvalue weighted by molar-refractivity contribution is 7.99. The number of piperidine rings is 1. The molecule has 0 aliphatic carbocycles. The van der Waals surface area contributed by atoms with Gasteiger partial charge < -0.3 is 15.3 Å². The number of hydrogen-bond donors (Lipinski definition) is 2. The summed E-state index contributed by atoms with van der Waals surface area (Å²) in [6.45, 7) is 2.95. The maximum Gasteiger partial charge on any atom is 0.330 e. The van der Waals surface area contributed by atoms with Crippen molar-refractivity contribution in [2.75, 3.05) is 20.1 Å². The van der Waals surface area contributed by atoms with Gasteiger partial charge in [0, 0.05) is 28.9 Å². The van der Waals surface area contributed by atoms with Gasteiger partial charge in [0.1, 0.15) is 0 Å². The zero-order valence-electron chi connectivity index (χ0n) is 14.3. The second kappa shape index (κ2) is 7.92. The molecular weight excluding hydrogens is 344 g/mol. The van der Waals surface area contributed by atoms with Crippen molar-refractivity contribution in [2.24, 2.45) is 4.58 Å². The maximum atomic E-state index is 12.6. The van der Waals surface area contributed by atoms with Crippen LogP contribution in [0.2, 0.25) is 0 Å².